The van der Waals surface area contributed by atoms with E-state index in [9.17, 15) is 4.79 Å². The van der Waals surface area contributed by atoms with E-state index in [0.29, 0.717) is 18.8 Å². The van der Waals surface area contributed by atoms with E-state index >= 15 is 0 Å². The maximum atomic E-state index is 11.6. The molecule has 1 heterocycles. The van der Waals surface area contributed by atoms with Crippen LogP contribution >= 0.6 is 11.6 Å². The monoisotopic (exact) mass is 212 g/mol. The molecular weight excluding hydrogens is 200 g/mol. The molecule has 0 spiro atoms. The van der Waals surface area contributed by atoms with Gasteiger partial charge in [0.25, 0.3) is 0 Å². The van der Waals surface area contributed by atoms with Crippen LogP contribution in [0.4, 0.5) is 5.69 Å². The largest absolute Gasteiger partial charge is 0.313 e. The van der Waals surface area contributed by atoms with Crippen molar-refractivity contribution in [2.24, 2.45) is 0 Å². The number of rotatable bonds is 4. The number of halogens is 1. The Labute approximate surface area is 88.7 Å². The van der Waals surface area contributed by atoms with E-state index in [1.807, 2.05) is 19.1 Å². The molecule has 0 bridgehead atoms. The highest BCUT2D eigenvalue weighted by Gasteiger charge is 2.12. The van der Waals surface area contributed by atoms with Gasteiger partial charge in [0.2, 0.25) is 5.91 Å². The molecule has 0 N–H and O–H groups in total. The summed E-state index contributed by atoms with van der Waals surface area (Å²) in [4.78, 5) is 17.2. The molecule has 1 aromatic rings. The van der Waals surface area contributed by atoms with Gasteiger partial charge in [-0.3, -0.25) is 9.78 Å². The summed E-state index contributed by atoms with van der Waals surface area (Å²) in [5.74, 6) is 0.411. The van der Waals surface area contributed by atoms with E-state index < -0.39 is 0 Å². The number of nitrogens with zero attached hydrogens (tertiary/aromatic N) is 2. The lowest BCUT2D eigenvalue weighted by Gasteiger charge is -2.20. The van der Waals surface area contributed by atoms with Gasteiger partial charge in [0.1, 0.15) is 0 Å². The molecule has 0 unspecified atom stereocenters. The molecule has 0 aliphatic heterocycles. The van der Waals surface area contributed by atoms with E-state index in [-0.39, 0.29) is 5.91 Å². The molecule has 0 aliphatic rings. The fourth-order valence-electron chi connectivity index (χ4n) is 1.24. The van der Waals surface area contributed by atoms with E-state index in [2.05, 4.69) is 4.98 Å². The van der Waals surface area contributed by atoms with Crippen molar-refractivity contribution in [2.45, 2.75) is 13.3 Å². The Hall–Kier alpha value is -1.09. The van der Waals surface area contributed by atoms with E-state index in [0.717, 1.165) is 5.69 Å². The predicted octanol–water partition coefficient (Wildman–Crippen LogP) is 2.06. The molecule has 0 fully saturated rings. The van der Waals surface area contributed by atoms with Crippen LogP contribution in [0.25, 0.3) is 0 Å². The Morgan fingerprint density at radius 1 is 1.50 bits per heavy atom. The van der Waals surface area contributed by atoms with Crippen molar-refractivity contribution in [3.63, 3.8) is 0 Å². The van der Waals surface area contributed by atoms with Gasteiger partial charge in [0, 0.05) is 36.9 Å². The molecule has 0 atom stereocenters. The average Bonchev–Trinajstić information content (AvgIpc) is 2.21. The molecule has 0 saturated carbocycles. The molecule has 4 heteroatoms. The second kappa shape index (κ2) is 5.60. The van der Waals surface area contributed by atoms with Crippen molar-refractivity contribution >= 4 is 23.2 Å². The highest BCUT2D eigenvalue weighted by Crippen LogP contribution is 2.12. The number of hydrogen-bond donors (Lipinski definition) is 0. The lowest BCUT2D eigenvalue weighted by Crippen LogP contribution is -2.30. The summed E-state index contributed by atoms with van der Waals surface area (Å²) in [6, 6.07) is 3.63. The Balaban J connectivity index is 2.77. The maximum absolute atomic E-state index is 11.6. The SMILES string of the molecule is CCN(C(=O)CCCl)c1ccncc1. The minimum atomic E-state index is 0.0497. The predicted molar refractivity (Wildman–Crippen MR) is 57.6 cm³/mol. The van der Waals surface area contributed by atoms with E-state index in [1.165, 1.54) is 0 Å². The smallest absolute Gasteiger partial charge is 0.228 e. The Bertz CT molecular complexity index is 289. The van der Waals surface area contributed by atoms with Crippen LogP contribution < -0.4 is 4.90 Å². The van der Waals surface area contributed by atoms with Gasteiger partial charge in [-0.1, -0.05) is 0 Å². The molecule has 0 radical (unpaired) electrons. The maximum Gasteiger partial charge on any atom is 0.228 e. The molecule has 14 heavy (non-hydrogen) atoms. The summed E-state index contributed by atoms with van der Waals surface area (Å²) in [5, 5.41) is 0. The summed E-state index contributed by atoms with van der Waals surface area (Å²) in [6.07, 6.45) is 3.72. The van der Waals surface area contributed by atoms with Gasteiger partial charge in [0.15, 0.2) is 0 Å². The molecule has 76 valence electrons. The van der Waals surface area contributed by atoms with Crippen LogP contribution in [0.1, 0.15) is 13.3 Å². The number of aromatic nitrogens is 1. The van der Waals surface area contributed by atoms with E-state index in [4.69, 9.17) is 11.6 Å². The van der Waals surface area contributed by atoms with Gasteiger partial charge in [0.05, 0.1) is 0 Å². The number of carbonyl (C=O) groups excluding carboxylic acids is 1. The normalized spacial score (nSPS) is 9.86. The van der Waals surface area contributed by atoms with Crippen LogP contribution in [-0.2, 0) is 4.79 Å². The van der Waals surface area contributed by atoms with Crippen molar-refractivity contribution < 1.29 is 4.79 Å². The number of pyridine rings is 1. The summed E-state index contributed by atoms with van der Waals surface area (Å²) < 4.78 is 0. The highest BCUT2D eigenvalue weighted by molar-refractivity contribution is 6.19. The summed E-state index contributed by atoms with van der Waals surface area (Å²) >= 11 is 5.53. The Morgan fingerprint density at radius 3 is 2.64 bits per heavy atom. The summed E-state index contributed by atoms with van der Waals surface area (Å²) in [5.41, 5.74) is 0.873. The van der Waals surface area contributed by atoms with Gasteiger partial charge in [-0.25, -0.2) is 0 Å². The minimum Gasteiger partial charge on any atom is -0.313 e. The molecular formula is C10H13ClN2O. The fraction of sp³-hybridized carbons (Fsp3) is 0.400. The van der Waals surface area contributed by atoms with Crippen LogP contribution in [0.3, 0.4) is 0 Å². The second-order valence-electron chi connectivity index (χ2n) is 2.78. The number of amides is 1. The molecule has 1 aromatic heterocycles. The number of alkyl halides is 1. The summed E-state index contributed by atoms with van der Waals surface area (Å²) in [6.45, 7) is 2.59. The van der Waals surface area contributed by atoms with Gasteiger partial charge < -0.3 is 4.90 Å². The number of hydrogen-bond acceptors (Lipinski definition) is 2. The van der Waals surface area contributed by atoms with Crippen molar-refractivity contribution in [3.8, 4) is 0 Å². The number of anilines is 1. The van der Waals surface area contributed by atoms with Crippen molar-refractivity contribution in [3.05, 3.63) is 24.5 Å². The molecule has 0 aliphatic carbocycles. The molecule has 1 amide bonds. The first-order valence-electron chi connectivity index (χ1n) is 4.56. The van der Waals surface area contributed by atoms with Crippen molar-refractivity contribution in [1.29, 1.82) is 0 Å². The molecule has 0 saturated heterocycles. The van der Waals surface area contributed by atoms with Gasteiger partial charge in [-0.15, -0.1) is 11.6 Å². The third kappa shape index (κ3) is 2.70. The van der Waals surface area contributed by atoms with Crippen LogP contribution in [0, 0.1) is 0 Å². The first-order valence-corrected chi connectivity index (χ1v) is 5.09. The van der Waals surface area contributed by atoms with Crippen LogP contribution in [0.2, 0.25) is 0 Å². The molecule has 0 aromatic carbocycles. The average molecular weight is 213 g/mol. The molecule has 3 nitrogen and oxygen atoms in total. The Morgan fingerprint density at radius 2 is 2.14 bits per heavy atom. The Kier molecular flexibility index (Phi) is 4.40. The van der Waals surface area contributed by atoms with Gasteiger partial charge in [-0.2, -0.15) is 0 Å². The van der Waals surface area contributed by atoms with Gasteiger partial charge >= 0.3 is 0 Å². The highest BCUT2D eigenvalue weighted by atomic mass is 35.5. The zero-order valence-electron chi connectivity index (χ0n) is 8.11. The quantitative estimate of drug-likeness (QED) is 0.716. The zero-order chi connectivity index (χ0) is 10.4. The van der Waals surface area contributed by atoms with Crippen LogP contribution in [0.15, 0.2) is 24.5 Å². The first kappa shape index (κ1) is 11.0. The van der Waals surface area contributed by atoms with Gasteiger partial charge in [-0.05, 0) is 19.1 Å². The van der Waals surface area contributed by atoms with Crippen molar-refractivity contribution in [2.75, 3.05) is 17.3 Å². The standard InChI is InChI=1S/C10H13ClN2O/c1-2-13(10(14)3-6-11)9-4-7-12-8-5-9/h4-5,7-8H,2-3,6H2,1H3. The van der Waals surface area contributed by atoms with E-state index in [1.54, 1.807) is 17.3 Å². The fourth-order valence-corrected chi connectivity index (χ4v) is 1.40. The minimum absolute atomic E-state index is 0.0497. The topological polar surface area (TPSA) is 33.2 Å². The third-order valence-electron chi connectivity index (χ3n) is 1.90. The van der Waals surface area contributed by atoms with Crippen LogP contribution in [-0.4, -0.2) is 23.3 Å². The third-order valence-corrected chi connectivity index (χ3v) is 2.09. The molecule has 1 rings (SSSR count). The lowest BCUT2D eigenvalue weighted by molar-refractivity contribution is -0.118. The van der Waals surface area contributed by atoms with Crippen LogP contribution in [0.5, 0.6) is 0 Å². The first-order chi connectivity index (χ1) is 6.79. The lowest BCUT2D eigenvalue weighted by atomic mass is 10.3. The number of carbonyl (C=O) groups is 1. The van der Waals surface area contributed by atoms with Crippen molar-refractivity contribution in [1.82, 2.24) is 4.98 Å². The second-order valence-corrected chi connectivity index (χ2v) is 3.16. The summed E-state index contributed by atoms with van der Waals surface area (Å²) in [7, 11) is 0. The zero-order valence-corrected chi connectivity index (χ0v) is 8.87.